The van der Waals surface area contributed by atoms with Crippen molar-refractivity contribution in [3.63, 3.8) is 0 Å². The molecule has 120 valence electrons. The predicted octanol–water partition coefficient (Wildman–Crippen LogP) is 3.40. The molecule has 3 rings (SSSR count). The number of fused-ring (bicyclic) bond motifs is 3. The number of hydrogen-bond acceptors (Lipinski definition) is 4. The Labute approximate surface area is 133 Å². The van der Waals surface area contributed by atoms with E-state index < -0.39 is 0 Å². The molecular formula is C18H27N3O. The summed E-state index contributed by atoms with van der Waals surface area (Å²) in [5, 5.41) is 3.60. The van der Waals surface area contributed by atoms with E-state index in [9.17, 15) is 4.79 Å². The highest BCUT2D eigenvalue weighted by Gasteiger charge is 2.54. The molecule has 2 aliphatic rings. The van der Waals surface area contributed by atoms with Gasteiger partial charge in [0.15, 0.2) is 5.78 Å². The molecule has 1 N–H and O–H groups in total. The first kappa shape index (κ1) is 15.5. The van der Waals surface area contributed by atoms with Crippen molar-refractivity contribution in [2.75, 3.05) is 5.32 Å². The van der Waals surface area contributed by atoms with Crippen molar-refractivity contribution in [1.29, 1.82) is 0 Å². The number of nitrogens with one attached hydrogen (secondary N) is 1. The third kappa shape index (κ3) is 2.34. The van der Waals surface area contributed by atoms with Crippen molar-refractivity contribution in [1.82, 2.24) is 9.88 Å². The zero-order valence-electron chi connectivity index (χ0n) is 14.5. The van der Waals surface area contributed by atoms with Crippen molar-refractivity contribution in [2.45, 2.75) is 71.6 Å². The first-order valence-electron chi connectivity index (χ1n) is 8.15. The van der Waals surface area contributed by atoms with Crippen LogP contribution in [0.5, 0.6) is 0 Å². The first-order valence-corrected chi connectivity index (χ1v) is 8.15. The molecule has 0 radical (unpaired) electrons. The van der Waals surface area contributed by atoms with Crippen LogP contribution in [0.1, 0.15) is 59.6 Å². The van der Waals surface area contributed by atoms with Crippen LogP contribution in [0, 0.1) is 5.41 Å². The van der Waals surface area contributed by atoms with Gasteiger partial charge in [0.1, 0.15) is 0 Å². The molecule has 0 aliphatic carbocycles. The second-order valence-corrected chi connectivity index (χ2v) is 8.58. The molecule has 1 aromatic rings. The maximum absolute atomic E-state index is 13.0. The molecule has 3 heterocycles. The maximum Gasteiger partial charge on any atom is 0.155 e. The lowest BCUT2D eigenvalue weighted by Crippen LogP contribution is -2.55. The molecule has 4 heteroatoms. The lowest BCUT2D eigenvalue weighted by atomic mass is 9.83. The van der Waals surface area contributed by atoms with Crippen LogP contribution in [-0.2, 0) is 4.79 Å². The Hall–Kier alpha value is -1.42. The fourth-order valence-electron chi connectivity index (χ4n) is 3.91. The summed E-state index contributed by atoms with van der Waals surface area (Å²) in [6, 6.07) is 4.01. The van der Waals surface area contributed by atoms with Gasteiger partial charge in [0.2, 0.25) is 0 Å². The van der Waals surface area contributed by atoms with E-state index >= 15 is 0 Å². The number of nitrogens with zero attached hydrogens (tertiary/aromatic N) is 2. The summed E-state index contributed by atoms with van der Waals surface area (Å²) in [5.41, 5.74) is 1.85. The Morgan fingerprint density at radius 1 is 1.27 bits per heavy atom. The minimum Gasteiger partial charge on any atom is -0.367 e. The highest BCUT2D eigenvalue weighted by molar-refractivity contribution is 5.89. The van der Waals surface area contributed by atoms with E-state index in [1.54, 1.807) is 0 Å². The molecule has 0 bridgehead atoms. The van der Waals surface area contributed by atoms with Gasteiger partial charge in [0.25, 0.3) is 0 Å². The Bertz CT molecular complexity index is 597. The van der Waals surface area contributed by atoms with Gasteiger partial charge in [0, 0.05) is 23.1 Å². The van der Waals surface area contributed by atoms with E-state index in [0.29, 0.717) is 11.7 Å². The average molecular weight is 301 g/mol. The van der Waals surface area contributed by atoms with Crippen LogP contribution in [0.15, 0.2) is 18.3 Å². The van der Waals surface area contributed by atoms with E-state index in [1.165, 1.54) is 0 Å². The molecule has 22 heavy (non-hydrogen) atoms. The molecule has 3 atom stereocenters. The van der Waals surface area contributed by atoms with E-state index in [2.05, 4.69) is 42.0 Å². The van der Waals surface area contributed by atoms with Crippen molar-refractivity contribution in [3.8, 4) is 0 Å². The molecule has 4 nitrogen and oxygen atoms in total. The summed E-state index contributed by atoms with van der Waals surface area (Å²) in [4.78, 5) is 19.9. The summed E-state index contributed by atoms with van der Waals surface area (Å²) in [5.74, 6) is 0.628. The minimum atomic E-state index is -0.320. The Kier molecular flexibility index (Phi) is 3.37. The van der Waals surface area contributed by atoms with Crippen LogP contribution < -0.4 is 5.32 Å². The predicted molar refractivity (Wildman–Crippen MR) is 88.8 cm³/mol. The molecule has 1 fully saturated rings. The van der Waals surface area contributed by atoms with Crippen molar-refractivity contribution in [3.05, 3.63) is 24.0 Å². The number of aromatic nitrogens is 1. The standard InChI is InChI=1S/C18H27N3O/c1-17(2,3)15(22)13-10-11-14-12(8-7-9-19-14)20-16(11)21(13)18(4,5)6/h7-9,11,13,16,20H,10H2,1-6H3. The first-order chi connectivity index (χ1) is 10.1. The van der Waals surface area contributed by atoms with Gasteiger partial charge in [-0.15, -0.1) is 0 Å². The highest BCUT2D eigenvalue weighted by atomic mass is 16.1. The topological polar surface area (TPSA) is 45.2 Å². The van der Waals surface area contributed by atoms with Gasteiger partial charge in [0.05, 0.1) is 23.6 Å². The molecule has 1 aromatic heterocycles. The average Bonchev–Trinajstić information content (AvgIpc) is 2.90. The Morgan fingerprint density at radius 3 is 2.55 bits per heavy atom. The molecular weight excluding hydrogens is 274 g/mol. The maximum atomic E-state index is 13.0. The summed E-state index contributed by atoms with van der Waals surface area (Å²) < 4.78 is 0. The van der Waals surface area contributed by atoms with Crippen LogP contribution >= 0.6 is 0 Å². The fourth-order valence-corrected chi connectivity index (χ4v) is 3.91. The normalized spacial score (nSPS) is 28.2. The van der Waals surface area contributed by atoms with Crippen LogP contribution in [-0.4, -0.2) is 33.4 Å². The number of rotatable bonds is 1. The summed E-state index contributed by atoms with van der Waals surface area (Å²) >= 11 is 0. The lowest BCUT2D eigenvalue weighted by Gasteiger charge is -2.41. The number of Topliss-reactive ketones (excluding diaryl/α,β-unsaturated/α-hetero) is 1. The molecule has 0 aromatic carbocycles. The number of carbonyl (C=O) groups excluding carboxylic acids is 1. The Morgan fingerprint density at radius 2 is 1.95 bits per heavy atom. The van der Waals surface area contributed by atoms with Crippen LogP contribution in [0.2, 0.25) is 0 Å². The van der Waals surface area contributed by atoms with Gasteiger partial charge in [-0.05, 0) is 39.3 Å². The molecule has 3 unspecified atom stereocenters. The monoisotopic (exact) mass is 301 g/mol. The van der Waals surface area contributed by atoms with Gasteiger partial charge in [-0.2, -0.15) is 0 Å². The molecule has 2 aliphatic heterocycles. The van der Waals surface area contributed by atoms with Crippen LogP contribution in [0.4, 0.5) is 5.69 Å². The SMILES string of the molecule is CC(C)(C)C(=O)C1CC2c3ncccc3NC2N1C(C)(C)C. The molecule has 0 amide bonds. The van der Waals surface area contributed by atoms with Crippen molar-refractivity contribution >= 4 is 11.5 Å². The number of carbonyl (C=O) groups is 1. The van der Waals surface area contributed by atoms with Gasteiger partial charge in [-0.3, -0.25) is 14.7 Å². The van der Waals surface area contributed by atoms with Crippen molar-refractivity contribution < 1.29 is 4.79 Å². The quantitative estimate of drug-likeness (QED) is 0.863. The van der Waals surface area contributed by atoms with Crippen LogP contribution in [0.3, 0.4) is 0 Å². The number of ketones is 1. The van der Waals surface area contributed by atoms with Crippen LogP contribution in [0.25, 0.3) is 0 Å². The number of likely N-dealkylation sites (tertiary alicyclic amines) is 1. The Balaban J connectivity index is 2.00. The molecule has 1 saturated heterocycles. The van der Waals surface area contributed by atoms with Gasteiger partial charge in [-0.1, -0.05) is 20.8 Å². The smallest absolute Gasteiger partial charge is 0.155 e. The van der Waals surface area contributed by atoms with E-state index in [-0.39, 0.29) is 23.2 Å². The summed E-state index contributed by atoms with van der Waals surface area (Å²) in [6.45, 7) is 12.6. The molecule has 0 spiro atoms. The highest BCUT2D eigenvalue weighted by Crippen LogP contribution is 2.48. The van der Waals surface area contributed by atoms with E-state index in [4.69, 9.17) is 0 Å². The summed E-state index contributed by atoms with van der Waals surface area (Å²) in [6.07, 6.45) is 2.87. The number of pyridine rings is 1. The lowest BCUT2D eigenvalue weighted by molar-refractivity contribution is -0.133. The van der Waals surface area contributed by atoms with E-state index in [1.807, 2.05) is 33.0 Å². The largest absolute Gasteiger partial charge is 0.367 e. The zero-order valence-corrected chi connectivity index (χ0v) is 14.5. The fraction of sp³-hybridized carbons (Fsp3) is 0.667. The van der Waals surface area contributed by atoms with Gasteiger partial charge >= 0.3 is 0 Å². The zero-order chi connectivity index (χ0) is 16.3. The second-order valence-electron chi connectivity index (χ2n) is 8.58. The third-order valence-electron chi connectivity index (χ3n) is 4.80. The summed E-state index contributed by atoms with van der Waals surface area (Å²) in [7, 11) is 0. The number of hydrogen-bond donors (Lipinski definition) is 1. The number of anilines is 1. The van der Waals surface area contributed by atoms with Crippen molar-refractivity contribution in [2.24, 2.45) is 5.41 Å². The third-order valence-corrected chi connectivity index (χ3v) is 4.80. The minimum absolute atomic E-state index is 0.0438. The van der Waals surface area contributed by atoms with Gasteiger partial charge in [-0.25, -0.2) is 0 Å². The van der Waals surface area contributed by atoms with Gasteiger partial charge < -0.3 is 5.32 Å². The second kappa shape index (κ2) is 4.79. The van der Waals surface area contributed by atoms with E-state index in [0.717, 1.165) is 17.8 Å². The molecule has 0 saturated carbocycles.